The Morgan fingerprint density at radius 3 is 2.55 bits per heavy atom. The Labute approximate surface area is 167 Å². The van der Waals surface area contributed by atoms with Crippen LogP contribution in [0.15, 0.2) is 57.7 Å². The molecule has 4 nitrogen and oxygen atoms in total. The molecule has 1 N–H and O–H groups in total. The van der Waals surface area contributed by atoms with Crippen LogP contribution in [0.2, 0.25) is 0 Å². The van der Waals surface area contributed by atoms with Gasteiger partial charge in [0.2, 0.25) is 5.92 Å². The van der Waals surface area contributed by atoms with Crippen molar-refractivity contribution in [3.05, 3.63) is 64.5 Å². The van der Waals surface area contributed by atoms with Gasteiger partial charge in [0.1, 0.15) is 11.3 Å². The van der Waals surface area contributed by atoms with Crippen LogP contribution in [-0.4, -0.2) is 24.2 Å². The predicted molar refractivity (Wildman–Crippen MR) is 109 cm³/mol. The quantitative estimate of drug-likeness (QED) is 0.388. The van der Waals surface area contributed by atoms with Crippen LogP contribution in [0, 0.1) is 6.92 Å². The molecule has 0 radical (unpaired) electrons. The van der Waals surface area contributed by atoms with Gasteiger partial charge in [-0.3, -0.25) is 0 Å². The fraction of sp³-hybridized carbons (Fsp3) is 0.348. The molecular weight excluding hydrogens is 378 g/mol. The molecule has 0 unspecified atom stereocenters. The maximum atomic E-state index is 13.6. The molecule has 0 bridgehead atoms. The summed E-state index contributed by atoms with van der Waals surface area (Å²) in [6, 6.07) is 14.5. The predicted octanol–water partition coefficient (Wildman–Crippen LogP) is 5.34. The smallest absolute Gasteiger partial charge is 0.344 e. The largest absolute Gasteiger partial charge is 0.493 e. The standard InChI is InChI=1S/C23H24F2O4/c1-16-6-2-3-7-19(16)20-14-17-8-9-18(15-21(17)29-22(20)27)28-13-5-11-23(24,25)10-4-12-26/h2-3,6-9,14-15,26H,4-5,10-13H2,1H3. The first-order chi connectivity index (χ1) is 13.9. The van der Waals surface area contributed by atoms with Crippen LogP contribution in [0.4, 0.5) is 8.78 Å². The summed E-state index contributed by atoms with van der Waals surface area (Å²) in [7, 11) is 0. The number of benzene rings is 2. The Morgan fingerprint density at radius 1 is 1.03 bits per heavy atom. The number of alkyl halides is 2. The summed E-state index contributed by atoms with van der Waals surface area (Å²) in [5.41, 5.74) is 2.25. The number of hydrogen-bond donors (Lipinski definition) is 1. The number of fused-ring (bicyclic) bond motifs is 1. The van der Waals surface area contributed by atoms with E-state index in [1.165, 1.54) is 0 Å². The van der Waals surface area contributed by atoms with Gasteiger partial charge in [-0.25, -0.2) is 13.6 Å². The summed E-state index contributed by atoms with van der Waals surface area (Å²) >= 11 is 0. The van der Waals surface area contributed by atoms with E-state index in [0.29, 0.717) is 16.9 Å². The SMILES string of the molecule is Cc1ccccc1-c1cc2ccc(OCCCC(F)(F)CCCO)cc2oc1=O. The Bertz CT molecular complexity index is 1030. The lowest BCUT2D eigenvalue weighted by atomic mass is 10.0. The minimum atomic E-state index is -2.80. The zero-order chi connectivity index (χ0) is 20.9. The lowest BCUT2D eigenvalue weighted by Gasteiger charge is -2.15. The van der Waals surface area contributed by atoms with E-state index in [9.17, 15) is 13.6 Å². The molecule has 0 aliphatic carbocycles. The second-order valence-electron chi connectivity index (χ2n) is 7.10. The molecule has 3 aromatic rings. The highest BCUT2D eigenvalue weighted by molar-refractivity contribution is 5.83. The molecule has 0 aliphatic rings. The summed E-state index contributed by atoms with van der Waals surface area (Å²) in [5, 5.41) is 9.42. The van der Waals surface area contributed by atoms with E-state index >= 15 is 0 Å². The number of hydrogen-bond acceptors (Lipinski definition) is 4. The van der Waals surface area contributed by atoms with E-state index in [0.717, 1.165) is 16.5 Å². The van der Waals surface area contributed by atoms with E-state index in [4.69, 9.17) is 14.3 Å². The molecule has 0 saturated carbocycles. The third-order valence-electron chi connectivity index (χ3n) is 4.80. The number of aryl methyl sites for hydroxylation is 1. The van der Waals surface area contributed by atoms with Crippen molar-refractivity contribution in [1.29, 1.82) is 0 Å². The molecule has 6 heteroatoms. The topological polar surface area (TPSA) is 59.7 Å². The molecule has 29 heavy (non-hydrogen) atoms. The van der Waals surface area contributed by atoms with Crippen molar-refractivity contribution in [2.24, 2.45) is 0 Å². The van der Waals surface area contributed by atoms with Crippen molar-refractivity contribution in [3.8, 4) is 16.9 Å². The first-order valence-electron chi connectivity index (χ1n) is 9.65. The fourth-order valence-corrected chi connectivity index (χ4v) is 3.23. The maximum absolute atomic E-state index is 13.6. The monoisotopic (exact) mass is 402 g/mol. The Kier molecular flexibility index (Phi) is 6.64. The molecule has 3 rings (SSSR count). The summed E-state index contributed by atoms with van der Waals surface area (Å²) in [6.07, 6.45) is -0.349. The number of aliphatic hydroxyl groups is 1. The van der Waals surface area contributed by atoms with E-state index in [-0.39, 0.29) is 38.9 Å². The van der Waals surface area contributed by atoms with Crippen LogP contribution >= 0.6 is 0 Å². The first-order valence-corrected chi connectivity index (χ1v) is 9.65. The third-order valence-corrected chi connectivity index (χ3v) is 4.80. The van der Waals surface area contributed by atoms with E-state index in [1.54, 1.807) is 24.3 Å². The van der Waals surface area contributed by atoms with Crippen LogP contribution in [0.1, 0.15) is 31.2 Å². The second kappa shape index (κ2) is 9.18. The number of halogens is 2. The fourth-order valence-electron chi connectivity index (χ4n) is 3.23. The van der Waals surface area contributed by atoms with Crippen molar-refractivity contribution in [3.63, 3.8) is 0 Å². The van der Waals surface area contributed by atoms with Gasteiger partial charge in [-0.15, -0.1) is 0 Å². The molecule has 0 saturated heterocycles. The minimum Gasteiger partial charge on any atom is -0.493 e. The van der Waals surface area contributed by atoms with Crippen LogP contribution in [0.3, 0.4) is 0 Å². The zero-order valence-electron chi connectivity index (χ0n) is 16.3. The summed E-state index contributed by atoms with van der Waals surface area (Å²) in [6.45, 7) is 1.83. The van der Waals surface area contributed by atoms with Crippen molar-refractivity contribution < 1.29 is 23.0 Å². The van der Waals surface area contributed by atoms with Crippen LogP contribution in [-0.2, 0) is 0 Å². The molecule has 0 fully saturated rings. The van der Waals surface area contributed by atoms with Gasteiger partial charge in [0.05, 0.1) is 12.2 Å². The molecule has 2 aromatic carbocycles. The van der Waals surface area contributed by atoms with E-state index in [1.807, 2.05) is 31.2 Å². The molecule has 1 heterocycles. The van der Waals surface area contributed by atoms with E-state index < -0.39 is 11.5 Å². The maximum Gasteiger partial charge on any atom is 0.344 e. The Hall–Kier alpha value is -2.73. The van der Waals surface area contributed by atoms with Crippen LogP contribution in [0.5, 0.6) is 5.75 Å². The molecular formula is C23H24F2O4. The zero-order valence-corrected chi connectivity index (χ0v) is 16.3. The van der Waals surface area contributed by atoms with Crippen molar-refractivity contribution in [2.45, 2.75) is 38.5 Å². The summed E-state index contributed by atoms with van der Waals surface area (Å²) in [4.78, 5) is 12.4. The number of rotatable bonds is 9. The summed E-state index contributed by atoms with van der Waals surface area (Å²) < 4.78 is 38.2. The van der Waals surface area contributed by atoms with Gasteiger partial charge in [-0.1, -0.05) is 24.3 Å². The lowest BCUT2D eigenvalue weighted by molar-refractivity contribution is -0.0254. The molecule has 1 aromatic heterocycles. The highest BCUT2D eigenvalue weighted by Crippen LogP contribution is 2.28. The van der Waals surface area contributed by atoms with Gasteiger partial charge >= 0.3 is 5.63 Å². The Balaban J connectivity index is 1.69. The molecule has 154 valence electrons. The van der Waals surface area contributed by atoms with Gasteiger partial charge in [0.15, 0.2) is 0 Å². The third kappa shape index (κ3) is 5.41. The minimum absolute atomic E-state index is 0.0854. The number of ether oxygens (including phenoxy) is 1. The Morgan fingerprint density at radius 2 is 1.79 bits per heavy atom. The highest BCUT2D eigenvalue weighted by Gasteiger charge is 2.27. The normalized spacial score (nSPS) is 11.7. The number of aliphatic hydroxyl groups excluding tert-OH is 1. The van der Waals surface area contributed by atoms with Crippen molar-refractivity contribution in [1.82, 2.24) is 0 Å². The molecule has 0 aliphatic heterocycles. The molecule has 0 atom stereocenters. The van der Waals surface area contributed by atoms with Gasteiger partial charge in [-0.05, 0) is 49.1 Å². The first kappa shape index (κ1) is 21.0. The van der Waals surface area contributed by atoms with Gasteiger partial charge in [-0.2, -0.15) is 0 Å². The van der Waals surface area contributed by atoms with Gasteiger partial charge in [0.25, 0.3) is 0 Å². The van der Waals surface area contributed by atoms with Crippen LogP contribution in [0.25, 0.3) is 22.1 Å². The average molecular weight is 402 g/mol. The van der Waals surface area contributed by atoms with Gasteiger partial charge in [0, 0.05) is 30.9 Å². The molecule has 0 amide bonds. The van der Waals surface area contributed by atoms with Crippen molar-refractivity contribution in [2.75, 3.05) is 13.2 Å². The van der Waals surface area contributed by atoms with E-state index in [2.05, 4.69) is 0 Å². The lowest BCUT2D eigenvalue weighted by Crippen LogP contribution is -2.17. The highest BCUT2D eigenvalue weighted by atomic mass is 19.3. The van der Waals surface area contributed by atoms with Crippen LogP contribution < -0.4 is 10.4 Å². The van der Waals surface area contributed by atoms with Gasteiger partial charge < -0.3 is 14.3 Å². The second-order valence-corrected chi connectivity index (χ2v) is 7.10. The average Bonchev–Trinajstić information content (AvgIpc) is 2.70. The summed E-state index contributed by atoms with van der Waals surface area (Å²) in [5.74, 6) is -2.34. The molecule has 0 spiro atoms. The van der Waals surface area contributed by atoms with Crippen molar-refractivity contribution >= 4 is 11.0 Å².